The molecule has 13 rings (SSSR count). The molecule has 0 saturated carbocycles. The van der Waals surface area contributed by atoms with Crippen molar-refractivity contribution in [3.05, 3.63) is 212 Å². The van der Waals surface area contributed by atoms with Gasteiger partial charge in [0.1, 0.15) is 0 Å². The summed E-state index contributed by atoms with van der Waals surface area (Å²) in [6.45, 7) is 0. The minimum absolute atomic E-state index is 0.547. The van der Waals surface area contributed by atoms with Crippen molar-refractivity contribution in [3.63, 3.8) is 0 Å². The van der Waals surface area contributed by atoms with Crippen LogP contribution in [0, 0.1) is 0 Å². The van der Waals surface area contributed by atoms with Gasteiger partial charge in [0.15, 0.2) is 5.82 Å². The third kappa shape index (κ3) is 5.80. The molecular formula is C57H35N5S. The molecule has 5 nitrogen and oxygen atoms in total. The van der Waals surface area contributed by atoms with E-state index in [1.807, 2.05) is 11.3 Å². The highest BCUT2D eigenvalue weighted by Gasteiger charge is 2.22. The molecule has 9 aromatic carbocycles. The fraction of sp³-hybridized carbons (Fsp3) is 0. The topological polar surface area (TPSA) is 48.5 Å². The van der Waals surface area contributed by atoms with Gasteiger partial charge in [-0.15, -0.1) is 11.3 Å². The number of hydrogen-bond donors (Lipinski definition) is 0. The minimum Gasteiger partial charge on any atom is -0.278 e. The first-order valence-electron chi connectivity index (χ1n) is 21.2. The number of benzene rings is 9. The second kappa shape index (κ2) is 14.2. The van der Waals surface area contributed by atoms with Gasteiger partial charge in [-0.2, -0.15) is 15.0 Å². The van der Waals surface area contributed by atoms with Crippen LogP contribution in [0.3, 0.4) is 0 Å². The van der Waals surface area contributed by atoms with Crippen LogP contribution in [-0.2, 0) is 0 Å². The Balaban J connectivity index is 1.14. The second-order valence-corrected chi connectivity index (χ2v) is 17.1. The van der Waals surface area contributed by atoms with Gasteiger partial charge in [0.2, 0.25) is 11.9 Å². The van der Waals surface area contributed by atoms with E-state index in [4.69, 9.17) is 15.0 Å². The van der Waals surface area contributed by atoms with E-state index >= 15 is 0 Å². The fourth-order valence-electron chi connectivity index (χ4n) is 9.40. The second-order valence-electron chi connectivity index (χ2n) is 16.1. The summed E-state index contributed by atoms with van der Waals surface area (Å²) in [5, 5.41) is 6.95. The predicted octanol–water partition coefficient (Wildman–Crippen LogP) is 15.1. The molecule has 0 spiro atoms. The lowest BCUT2D eigenvalue weighted by Gasteiger charge is -2.14. The third-order valence-electron chi connectivity index (χ3n) is 12.4. The number of thiophene rings is 1. The van der Waals surface area contributed by atoms with Gasteiger partial charge in [-0.05, 0) is 81.9 Å². The third-order valence-corrected chi connectivity index (χ3v) is 13.6. The SMILES string of the molecule is c1ccc(-c2ccc3c4ccccc4n(-c4nc(-c5ccc6sc7ccccc7c6c5)nc(-n5c6cc(-c7ccccc7)ccc6c6ccc(-c7ccccc7)cc65)n4)c3c2)cc1. The van der Waals surface area contributed by atoms with Gasteiger partial charge in [-0.1, -0.05) is 164 Å². The Bertz CT molecular complexity index is 3810. The first kappa shape index (κ1) is 35.6. The Kier molecular flexibility index (Phi) is 8.01. The molecule has 0 atom stereocenters. The Morgan fingerprint density at radius 3 is 1.22 bits per heavy atom. The minimum atomic E-state index is 0.547. The van der Waals surface area contributed by atoms with Crippen LogP contribution in [0.2, 0.25) is 0 Å². The maximum atomic E-state index is 5.56. The van der Waals surface area contributed by atoms with Crippen LogP contribution in [-0.4, -0.2) is 24.1 Å². The molecule has 63 heavy (non-hydrogen) atoms. The van der Waals surface area contributed by atoms with E-state index in [0.717, 1.165) is 82.6 Å². The summed E-state index contributed by atoms with van der Waals surface area (Å²) < 4.78 is 6.97. The molecule has 6 heteroatoms. The first-order valence-corrected chi connectivity index (χ1v) is 22.0. The van der Waals surface area contributed by atoms with Crippen molar-refractivity contribution in [2.24, 2.45) is 0 Å². The maximum Gasteiger partial charge on any atom is 0.240 e. The normalized spacial score (nSPS) is 11.8. The van der Waals surface area contributed by atoms with Gasteiger partial charge in [-0.25, -0.2) is 0 Å². The highest BCUT2D eigenvalue weighted by Crippen LogP contribution is 2.40. The molecule has 0 bridgehead atoms. The standard InChI is InChI=1S/C57H35N5S/c1-4-14-36(15-5-1)39-24-28-44-43-20-10-12-22-49(43)61(50(44)33-39)56-58-55(42-27-31-54-48(32-42)47-21-11-13-23-53(47)63-54)59-57(60-56)62-51-34-40(37-16-6-2-7-17-37)25-29-45(51)46-30-26-41(35-52(46)62)38-18-8-3-9-19-38/h1-35H. The zero-order chi connectivity index (χ0) is 41.4. The van der Waals surface area contributed by atoms with Gasteiger partial charge in [-0.3, -0.25) is 9.13 Å². The van der Waals surface area contributed by atoms with Crippen LogP contribution in [0.25, 0.3) is 120 Å². The summed E-state index contributed by atoms with van der Waals surface area (Å²) in [4.78, 5) is 16.5. The van der Waals surface area contributed by atoms with Gasteiger partial charge in [0.25, 0.3) is 0 Å². The molecule has 0 amide bonds. The number of para-hydroxylation sites is 1. The Hall–Kier alpha value is -8.19. The Morgan fingerprint density at radius 2 is 0.683 bits per heavy atom. The highest BCUT2D eigenvalue weighted by molar-refractivity contribution is 7.25. The van der Waals surface area contributed by atoms with Crippen LogP contribution in [0.5, 0.6) is 0 Å². The number of rotatable bonds is 6. The van der Waals surface area contributed by atoms with Crippen LogP contribution >= 0.6 is 11.3 Å². The average molecular weight is 822 g/mol. The Labute approximate surface area is 366 Å². The summed E-state index contributed by atoms with van der Waals surface area (Å²) in [5.74, 6) is 1.70. The quantitative estimate of drug-likeness (QED) is 0.168. The smallest absolute Gasteiger partial charge is 0.240 e. The van der Waals surface area contributed by atoms with Gasteiger partial charge < -0.3 is 0 Å². The summed E-state index contributed by atoms with van der Waals surface area (Å²) in [6.07, 6.45) is 0. The van der Waals surface area contributed by atoms with Gasteiger partial charge in [0.05, 0.1) is 22.1 Å². The van der Waals surface area contributed by atoms with Crippen molar-refractivity contribution < 1.29 is 0 Å². The molecule has 13 aromatic rings. The summed E-state index contributed by atoms with van der Waals surface area (Å²) in [7, 11) is 0. The van der Waals surface area contributed by atoms with Crippen LogP contribution < -0.4 is 0 Å². The van der Waals surface area contributed by atoms with E-state index in [1.54, 1.807) is 0 Å². The molecule has 0 fully saturated rings. The molecular weight excluding hydrogens is 787 g/mol. The van der Waals surface area contributed by atoms with Gasteiger partial charge in [0, 0.05) is 47.3 Å². The van der Waals surface area contributed by atoms with E-state index < -0.39 is 0 Å². The summed E-state index contributed by atoms with van der Waals surface area (Å²) in [5.41, 5.74) is 11.8. The number of aromatic nitrogens is 5. The lowest BCUT2D eigenvalue weighted by atomic mass is 10.0. The largest absolute Gasteiger partial charge is 0.278 e. The van der Waals surface area contributed by atoms with E-state index in [1.165, 1.54) is 20.2 Å². The molecule has 0 saturated heterocycles. The van der Waals surface area contributed by atoms with E-state index in [2.05, 4.69) is 221 Å². The molecule has 0 radical (unpaired) electrons. The van der Waals surface area contributed by atoms with Crippen molar-refractivity contribution in [1.29, 1.82) is 0 Å². The van der Waals surface area contributed by atoms with Crippen LogP contribution in [0.15, 0.2) is 212 Å². The molecule has 0 aliphatic rings. The van der Waals surface area contributed by atoms with Crippen molar-refractivity contribution in [2.45, 2.75) is 0 Å². The van der Waals surface area contributed by atoms with Crippen molar-refractivity contribution >= 4 is 75.1 Å². The molecule has 0 aliphatic carbocycles. The molecule has 4 heterocycles. The fourth-order valence-corrected chi connectivity index (χ4v) is 10.5. The van der Waals surface area contributed by atoms with Crippen LogP contribution in [0.4, 0.5) is 0 Å². The van der Waals surface area contributed by atoms with Crippen molar-refractivity contribution in [2.75, 3.05) is 0 Å². The molecule has 0 aliphatic heterocycles. The zero-order valence-corrected chi connectivity index (χ0v) is 34.7. The van der Waals surface area contributed by atoms with Crippen molar-refractivity contribution in [1.82, 2.24) is 24.1 Å². The molecule has 0 N–H and O–H groups in total. The maximum absolute atomic E-state index is 5.56. The molecule has 0 unspecified atom stereocenters. The lowest BCUT2D eigenvalue weighted by Crippen LogP contribution is -2.10. The molecule has 4 aromatic heterocycles. The number of nitrogens with zero attached hydrogens (tertiary/aromatic N) is 5. The average Bonchev–Trinajstić information content (AvgIpc) is 4.01. The van der Waals surface area contributed by atoms with Gasteiger partial charge >= 0.3 is 0 Å². The zero-order valence-electron chi connectivity index (χ0n) is 33.9. The Morgan fingerprint density at radius 1 is 0.270 bits per heavy atom. The van der Waals surface area contributed by atoms with E-state index in [0.29, 0.717) is 17.7 Å². The van der Waals surface area contributed by atoms with E-state index in [-0.39, 0.29) is 0 Å². The lowest BCUT2D eigenvalue weighted by molar-refractivity contribution is 0.893. The first-order chi connectivity index (χ1) is 31.2. The highest BCUT2D eigenvalue weighted by atomic mass is 32.1. The number of fused-ring (bicyclic) bond motifs is 9. The molecule has 294 valence electrons. The number of hydrogen-bond acceptors (Lipinski definition) is 4. The van der Waals surface area contributed by atoms with E-state index in [9.17, 15) is 0 Å². The summed E-state index contributed by atoms with van der Waals surface area (Å²) in [6, 6.07) is 75.7. The summed E-state index contributed by atoms with van der Waals surface area (Å²) >= 11 is 1.81. The van der Waals surface area contributed by atoms with Crippen LogP contribution in [0.1, 0.15) is 0 Å². The monoisotopic (exact) mass is 821 g/mol. The van der Waals surface area contributed by atoms with Crippen molar-refractivity contribution in [3.8, 4) is 56.7 Å². The predicted molar refractivity (Wildman–Crippen MR) is 263 cm³/mol.